The number of ether oxygens (including phenoxy) is 2. The van der Waals surface area contributed by atoms with E-state index in [0.717, 1.165) is 19.3 Å². The van der Waals surface area contributed by atoms with E-state index in [0.29, 0.717) is 12.3 Å². The lowest BCUT2D eigenvalue weighted by atomic mass is 9.97. The molecule has 3 atom stereocenters. The van der Waals surface area contributed by atoms with E-state index in [1.165, 1.54) is 6.26 Å². The van der Waals surface area contributed by atoms with Crippen molar-refractivity contribution < 1.29 is 19.4 Å². The molecule has 0 amide bonds. The maximum Gasteiger partial charge on any atom is 0.333 e. The van der Waals surface area contributed by atoms with Crippen molar-refractivity contribution in [3.8, 4) is 0 Å². The van der Waals surface area contributed by atoms with Crippen LogP contribution in [0.3, 0.4) is 0 Å². The van der Waals surface area contributed by atoms with Crippen molar-refractivity contribution in [3.05, 3.63) is 24.5 Å². The van der Waals surface area contributed by atoms with E-state index in [-0.39, 0.29) is 0 Å². The highest BCUT2D eigenvalue weighted by atomic mass is 16.7. The van der Waals surface area contributed by atoms with Crippen LogP contribution in [0.5, 0.6) is 0 Å². The van der Waals surface area contributed by atoms with Gasteiger partial charge in [0, 0.05) is 0 Å². The van der Waals surface area contributed by atoms with E-state index in [9.17, 15) is 4.79 Å². The van der Waals surface area contributed by atoms with Gasteiger partial charge in [0.2, 0.25) is 6.29 Å². The number of rotatable bonds is 8. The first-order valence-corrected chi connectivity index (χ1v) is 6.50. The molecule has 0 saturated carbocycles. The van der Waals surface area contributed by atoms with Crippen molar-refractivity contribution in [1.29, 1.82) is 0 Å². The number of allylic oxidation sites excluding steroid dienone is 2. The Morgan fingerprint density at radius 1 is 1.50 bits per heavy atom. The summed E-state index contributed by atoms with van der Waals surface area (Å²) in [6.45, 7) is 4.19. The summed E-state index contributed by atoms with van der Waals surface area (Å²) in [5, 5.41) is 9.16. The van der Waals surface area contributed by atoms with E-state index in [1.807, 2.05) is 0 Å². The van der Waals surface area contributed by atoms with Crippen LogP contribution < -0.4 is 0 Å². The number of carboxylic acid groups (broad SMARTS) is 1. The lowest BCUT2D eigenvalue weighted by Gasteiger charge is -2.23. The predicted octanol–water partition coefficient (Wildman–Crippen LogP) is 3.10. The van der Waals surface area contributed by atoms with Crippen LogP contribution in [0.4, 0.5) is 0 Å². The molecule has 102 valence electrons. The summed E-state index contributed by atoms with van der Waals surface area (Å²) in [6, 6.07) is 0. The van der Waals surface area contributed by atoms with E-state index in [4.69, 9.17) is 14.6 Å². The second-order valence-electron chi connectivity index (χ2n) is 4.66. The number of unbranched alkanes of at least 4 members (excludes halogenated alkanes) is 1. The van der Waals surface area contributed by atoms with E-state index >= 15 is 0 Å². The Bertz CT molecular complexity index is 309. The Kier molecular flexibility index (Phi) is 6.50. The first-order chi connectivity index (χ1) is 8.63. The number of aliphatic carboxylic acids is 1. The summed E-state index contributed by atoms with van der Waals surface area (Å²) in [4.78, 5) is 11.2. The van der Waals surface area contributed by atoms with E-state index in [2.05, 4.69) is 13.8 Å². The molecule has 0 fully saturated rings. The lowest BCUT2D eigenvalue weighted by Crippen LogP contribution is -2.31. The minimum Gasteiger partial charge on any atom is -0.479 e. The monoisotopic (exact) mass is 254 g/mol. The van der Waals surface area contributed by atoms with Gasteiger partial charge in [0.25, 0.3) is 0 Å². The molecule has 0 spiro atoms. The van der Waals surface area contributed by atoms with Gasteiger partial charge in [0.05, 0.1) is 6.26 Å². The molecule has 0 aromatic heterocycles. The molecule has 0 saturated heterocycles. The molecule has 0 aliphatic carbocycles. The maximum absolute atomic E-state index is 11.2. The van der Waals surface area contributed by atoms with Crippen LogP contribution in [0, 0.1) is 5.92 Å². The largest absolute Gasteiger partial charge is 0.479 e. The summed E-state index contributed by atoms with van der Waals surface area (Å²) in [5.74, 6) is -0.584. The molecule has 1 N–H and O–H groups in total. The molecule has 18 heavy (non-hydrogen) atoms. The van der Waals surface area contributed by atoms with Crippen molar-refractivity contribution >= 4 is 5.97 Å². The molecular weight excluding hydrogens is 232 g/mol. The highest BCUT2D eigenvalue weighted by Gasteiger charge is 2.24. The topological polar surface area (TPSA) is 55.8 Å². The number of hydrogen-bond acceptors (Lipinski definition) is 3. The third-order valence-electron chi connectivity index (χ3n) is 2.91. The van der Waals surface area contributed by atoms with Crippen LogP contribution in [0.1, 0.15) is 39.5 Å². The van der Waals surface area contributed by atoms with Crippen LogP contribution in [0.25, 0.3) is 0 Å². The van der Waals surface area contributed by atoms with Crippen LogP contribution in [0.15, 0.2) is 24.5 Å². The van der Waals surface area contributed by atoms with Crippen LogP contribution in [-0.4, -0.2) is 23.5 Å². The van der Waals surface area contributed by atoms with Gasteiger partial charge < -0.3 is 14.6 Å². The lowest BCUT2D eigenvalue weighted by molar-refractivity contribution is -0.169. The smallest absolute Gasteiger partial charge is 0.333 e. The minimum atomic E-state index is -0.926. The Labute approximate surface area is 108 Å². The van der Waals surface area contributed by atoms with Gasteiger partial charge in [-0.05, 0) is 24.5 Å². The van der Waals surface area contributed by atoms with Gasteiger partial charge in [-0.2, -0.15) is 0 Å². The fourth-order valence-electron chi connectivity index (χ4n) is 1.86. The number of carbonyl (C=O) groups is 1. The molecule has 1 heterocycles. The standard InChI is InChI=1S/C14H22O4/c1-3-4-7-11(2)10-12(14(15)16)18-13-8-5-6-9-17-13/h5-6,8-9,11-13H,3-4,7,10H2,1-2H3,(H,15,16)/t11-,12?,13+/m0/s1. The molecular formula is C14H22O4. The van der Waals surface area contributed by atoms with Crippen LogP contribution in [0.2, 0.25) is 0 Å². The molecule has 1 aliphatic heterocycles. The fraction of sp³-hybridized carbons (Fsp3) is 0.643. The molecule has 1 aliphatic rings. The highest BCUT2D eigenvalue weighted by Crippen LogP contribution is 2.18. The third kappa shape index (κ3) is 5.36. The van der Waals surface area contributed by atoms with Crippen LogP contribution in [-0.2, 0) is 14.3 Å². The maximum atomic E-state index is 11.2. The van der Waals surface area contributed by atoms with Gasteiger partial charge in [-0.25, -0.2) is 4.79 Å². The summed E-state index contributed by atoms with van der Waals surface area (Å²) in [5.41, 5.74) is 0. The Morgan fingerprint density at radius 3 is 2.83 bits per heavy atom. The predicted molar refractivity (Wildman–Crippen MR) is 69.0 cm³/mol. The second kappa shape index (κ2) is 7.93. The van der Waals surface area contributed by atoms with Gasteiger partial charge in [-0.15, -0.1) is 0 Å². The zero-order valence-corrected chi connectivity index (χ0v) is 11.0. The van der Waals surface area contributed by atoms with Gasteiger partial charge in [0.15, 0.2) is 6.10 Å². The third-order valence-corrected chi connectivity index (χ3v) is 2.91. The molecule has 0 aromatic carbocycles. The quantitative estimate of drug-likeness (QED) is 0.723. The van der Waals surface area contributed by atoms with Crippen LogP contribution >= 0.6 is 0 Å². The van der Waals surface area contributed by atoms with Crippen molar-refractivity contribution in [3.63, 3.8) is 0 Å². The average Bonchev–Trinajstić information content (AvgIpc) is 2.36. The molecule has 4 nitrogen and oxygen atoms in total. The first-order valence-electron chi connectivity index (χ1n) is 6.50. The summed E-state index contributed by atoms with van der Waals surface area (Å²) in [7, 11) is 0. The summed E-state index contributed by atoms with van der Waals surface area (Å²) < 4.78 is 10.6. The van der Waals surface area contributed by atoms with E-state index < -0.39 is 18.4 Å². The summed E-state index contributed by atoms with van der Waals surface area (Å²) in [6.07, 6.45) is 9.13. The molecule has 1 unspecified atom stereocenters. The van der Waals surface area contributed by atoms with Gasteiger partial charge in [-0.3, -0.25) is 0 Å². The second-order valence-corrected chi connectivity index (χ2v) is 4.66. The molecule has 0 bridgehead atoms. The Balaban J connectivity index is 2.41. The van der Waals surface area contributed by atoms with Crippen molar-refractivity contribution in [2.45, 2.75) is 51.9 Å². The zero-order valence-electron chi connectivity index (χ0n) is 11.0. The first kappa shape index (κ1) is 14.8. The van der Waals surface area contributed by atoms with Gasteiger partial charge >= 0.3 is 5.97 Å². The highest BCUT2D eigenvalue weighted by molar-refractivity contribution is 5.72. The summed E-state index contributed by atoms with van der Waals surface area (Å²) >= 11 is 0. The average molecular weight is 254 g/mol. The molecule has 0 aromatic rings. The zero-order chi connectivity index (χ0) is 13.4. The normalized spacial score (nSPS) is 21.3. The number of carboxylic acids is 1. The van der Waals surface area contributed by atoms with Crippen molar-refractivity contribution in [2.75, 3.05) is 0 Å². The molecule has 0 radical (unpaired) electrons. The number of hydrogen-bond donors (Lipinski definition) is 1. The van der Waals surface area contributed by atoms with E-state index in [1.54, 1.807) is 18.2 Å². The fourth-order valence-corrected chi connectivity index (χ4v) is 1.86. The van der Waals surface area contributed by atoms with Crippen molar-refractivity contribution in [1.82, 2.24) is 0 Å². The Morgan fingerprint density at radius 2 is 2.28 bits per heavy atom. The molecule has 4 heteroatoms. The molecule has 1 rings (SSSR count). The Hall–Kier alpha value is -1.29. The van der Waals surface area contributed by atoms with Gasteiger partial charge in [0.1, 0.15) is 0 Å². The minimum absolute atomic E-state index is 0.342. The SMILES string of the molecule is CCCC[C@H](C)CC(O[C@@H]1C=CC=CO1)C(=O)O. The van der Waals surface area contributed by atoms with Crippen molar-refractivity contribution in [2.24, 2.45) is 5.92 Å². The van der Waals surface area contributed by atoms with Gasteiger partial charge in [-0.1, -0.05) is 39.2 Å².